The van der Waals surface area contributed by atoms with Gasteiger partial charge < -0.3 is 18.9 Å². The van der Waals surface area contributed by atoms with Crippen LogP contribution in [0.15, 0.2) is 194 Å². The van der Waals surface area contributed by atoms with Gasteiger partial charge in [0.05, 0.1) is 28.4 Å². The van der Waals surface area contributed by atoms with Crippen LogP contribution in [0.1, 0.15) is 52.7 Å². The molecule has 0 saturated carbocycles. The Labute approximate surface area is 499 Å². The van der Waals surface area contributed by atoms with Crippen molar-refractivity contribution in [1.82, 2.24) is 0 Å². The fraction of sp³-hybridized carbons (Fsp3) is 0.146. The molecule has 0 heterocycles. The lowest BCUT2D eigenvalue weighted by Crippen LogP contribution is -2.11. The first kappa shape index (κ1) is 50.6. The van der Waals surface area contributed by atoms with E-state index in [2.05, 4.69) is 236 Å². The van der Waals surface area contributed by atoms with E-state index < -0.39 is 0 Å². The maximum Gasteiger partial charge on any atom is 0.118 e. The molecule has 4 nitrogen and oxygen atoms in total. The predicted molar refractivity (Wildman–Crippen MR) is 367 cm³/mol. The third-order valence-corrected chi connectivity index (χ3v) is 19.5. The Morgan fingerprint density at radius 3 is 0.791 bits per heavy atom. The van der Waals surface area contributed by atoms with Crippen molar-refractivity contribution in [2.45, 2.75) is 52.4 Å². The van der Waals surface area contributed by atoms with Crippen LogP contribution < -0.4 is 18.9 Å². The summed E-state index contributed by atoms with van der Waals surface area (Å²) in [6.45, 7) is 14.0. The molecule has 414 valence electrons. The van der Waals surface area contributed by atoms with Crippen LogP contribution in [0.3, 0.4) is 0 Å². The lowest BCUT2D eigenvalue weighted by molar-refractivity contribution is 0.415. The van der Waals surface area contributed by atoms with Gasteiger partial charge in [-0.15, -0.1) is 0 Å². The van der Waals surface area contributed by atoms with Crippen LogP contribution in [-0.4, -0.2) is 28.4 Å². The summed E-state index contributed by atoms with van der Waals surface area (Å²) < 4.78 is 23.2. The van der Waals surface area contributed by atoms with Gasteiger partial charge in [0.1, 0.15) is 23.0 Å². The summed E-state index contributed by atoms with van der Waals surface area (Å²) in [5.74, 6) is 3.34. The third-order valence-electron chi connectivity index (χ3n) is 19.5. The average molecular weight is 1110 g/mol. The van der Waals surface area contributed by atoms with Crippen molar-refractivity contribution in [2.75, 3.05) is 28.4 Å². The molecule has 0 aromatic heterocycles. The molecule has 17 aromatic rings. The van der Waals surface area contributed by atoms with Crippen LogP contribution in [0.2, 0.25) is 0 Å². The Morgan fingerprint density at radius 2 is 0.488 bits per heavy atom. The highest BCUT2D eigenvalue weighted by Crippen LogP contribution is 2.58. The molecule has 0 bridgehead atoms. The lowest BCUT2D eigenvalue weighted by Gasteiger charge is -2.24. The van der Waals surface area contributed by atoms with Crippen molar-refractivity contribution in [1.29, 1.82) is 0 Å². The molecule has 0 amide bonds. The maximum absolute atomic E-state index is 5.83. The van der Waals surface area contributed by atoms with E-state index in [1.165, 1.54) is 163 Å². The molecular weight excluding hydrogens is 1050 g/mol. The molecular formula is C82H62O4. The zero-order chi connectivity index (χ0) is 58.4. The molecule has 0 atom stereocenters. The number of rotatable bonds is 8. The molecule has 0 spiro atoms. The molecule has 0 aliphatic carbocycles. The van der Waals surface area contributed by atoms with Crippen LogP contribution in [0.25, 0.3) is 174 Å². The summed E-state index contributed by atoms with van der Waals surface area (Å²) in [4.78, 5) is 0. The number of ether oxygens (including phenoxy) is 4. The van der Waals surface area contributed by atoms with Gasteiger partial charge in [-0.1, -0.05) is 151 Å². The molecule has 0 aliphatic heterocycles. The lowest BCUT2D eigenvalue weighted by atomic mass is 9.79. The van der Waals surface area contributed by atoms with Crippen molar-refractivity contribution >= 4 is 129 Å². The second-order valence-electron chi connectivity index (χ2n) is 26.1. The van der Waals surface area contributed by atoms with Crippen LogP contribution in [0.4, 0.5) is 0 Å². The Morgan fingerprint density at radius 1 is 0.221 bits per heavy atom. The van der Waals surface area contributed by atoms with E-state index in [1.807, 2.05) is 0 Å². The number of hydrogen-bond acceptors (Lipinski definition) is 4. The normalized spacial score (nSPS) is 12.8. The summed E-state index contributed by atoms with van der Waals surface area (Å²) in [7, 11) is 6.99. The van der Waals surface area contributed by atoms with Crippen LogP contribution >= 0.6 is 0 Å². The van der Waals surface area contributed by atoms with Gasteiger partial charge in [-0.25, -0.2) is 0 Å². The summed E-state index contributed by atoms with van der Waals surface area (Å²) in [5.41, 5.74) is 11.9. The van der Waals surface area contributed by atoms with Gasteiger partial charge in [0.25, 0.3) is 0 Å². The number of hydrogen-bond donors (Lipinski definition) is 0. The monoisotopic (exact) mass is 1110 g/mol. The molecule has 0 radical (unpaired) electrons. The van der Waals surface area contributed by atoms with E-state index in [-0.39, 0.29) is 10.8 Å². The Hall–Kier alpha value is -9.90. The zero-order valence-electron chi connectivity index (χ0n) is 50.1. The third kappa shape index (κ3) is 6.98. The highest BCUT2D eigenvalue weighted by atomic mass is 16.5. The van der Waals surface area contributed by atoms with Gasteiger partial charge >= 0.3 is 0 Å². The van der Waals surface area contributed by atoms with Gasteiger partial charge in [-0.05, 0) is 281 Å². The second-order valence-corrected chi connectivity index (χ2v) is 26.1. The molecule has 0 saturated heterocycles. The Kier molecular flexibility index (Phi) is 10.5. The SMILES string of the molecule is COc1ccc(-c2cc3cc(C(C)(C)C)cc4cc(-c5ccc(OC)cc5)c5c(c2cc2c6cccc7c6c(c6cccc8c9cc%10c(-c%11ccc(OC)cc%11)cc%11cc(C(C)(C)C)cc%12cc(-c%13ccc(OC)cc%13)c(c%10c%11%12)c9c7c86)c25)c34)cc1. The quantitative estimate of drug-likeness (QED) is 0.112. The largest absolute Gasteiger partial charge is 0.497 e. The summed E-state index contributed by atoms with van der Waals surface area (Å²) in [6.07, 6.45) is 0. The average Bonchev–Trinajstić information content (AvgIpc) is 1.44. The standard InChI is InChI=1S/C82H62O4/c1-81(2,3)51-33-47-37-61(43-17-25-53(83-7)26-18-43)67-41-65-57-13-11-16-60-71(57)73(79(65)75-63(39-49(35-51)69(47)77(67)75)45-21-29-55(85-9)30-22-45)59-15-12-14-58-66-42-68-62(44-19-27-54(84-8)28-20-44)38-48-34-52(82(4,5)6)36-50-40-64(46-23-31-56(86-10)32-24-46)76(78(68)70(48)50)80(66)74(60)72(58)59/h11-42H,1-10H3. The molecule has 0 fully saturated rings. The second kappa shape index (κ2) is 17.8. The van der Waals surface area contributed by atoms with E-state index in [4.69, 9.17) is 18.9 Å². The fourth-order valence-corrected chi connectivity index (χ4v) is 15.3. The minimum atomic E-state index is -0.0837. The van der Waals surface area contributed by atoms with Crippen molar-refractivity contribution in [3.8, 4) is 67.5 Å². The van der Waals surface area contributed by atoms with Crippen molar-refractivity contribution < 1.29 is 18.9 Å². The van der Waals surface area contributed by atoms with Crippen molar-refractivity contribution in [3.63, 3.8) is 0 Å². The molecule has 0 N–H and O–H groups in total. The molecule has 0 aliphatic rings. The minimum Gasteiger partial charge on any atom is -0.497 e. The minimum absolute atomic E-state index is 0.0837. The highest BCUT2D eigenvalue weighted by molar-refractivity contribution is 6.54. The van der Waals surface area contributed by atoms with Gasteiger partial charge in [0.2, 0.25) is 0 Å². The van der Waals surface area contributed by atoms with Gasteiger partial charge in [-0.2, -0.15) is 0 Å². The smallest absolute Gasteiger partial charge is 0.118 e. The number of benzene rings is 15. The number of fused-ring (bicyclic) bond motifs is 10. The van der Waals surface area contributed by atoms with Gasteiger partial charge in [-0.3, -0.25) is 0 Å². The van der Waals surface area contributed by atoms with Crippen LogP contribution in [-0.2, 0) is 10.8 Å². The van der Waals surface area contributed by atoms with E-state index in [9.17, 15) is 0 Å². The van der Waals surface area contributed by atoms with E-state index in [0.717, 1.165) is 45.3 Å². The van der Waals surface area contributed by atoms with Crippen molar-refractivity contribution in [2.24, 2.45) is 0 Å². The van der Waals surface area contributed by atoms with E-state index in [0.29, 0.717) is 0 Å². The molecule has 17 aromatic carbocycles. The zero-order valence-corrected chi connectivity index (χ0v) is 50.1. The van der Waals surface area contributed by atoms with Crippen LogP contribution in [0, 0.1) is 0 Å². The molecule has 86 heavy (non-hydrogen) atoms. The van der Waals surface area contributed by atoms with Crippen molar-refractivity contribution in [3.05, 3.63) is 205 Å². The Bertz CT molecular complexity index is 5250. The molecule has 17 rings (SSSR count). The topological polar surface area (TPSA) is 36.9 Å². The first-order valence-corrected chi connectivity index (χ1v) is 30.0. The molecule has 4 heteroatoms. The first-order valence-electron chi connectivity index (χ1n) is 30.0. The van der Waals surface area contributed by atoms with E-state index in [1.54, 1.807) is 28.4 Å². The summed E-state index contributed by atoms with van der Waals surface area (Å²) in [6, 6.07) is 73.9. The van der Waals surface area contributed by atoms with E-state index >= 15 is 0 Å². The summed E-state index contributed by atoms with van der Waals surface area (Å²) in [5, 5.41) is 30.5. The van der Waals surface area contributed by atoms with Gasteiger partial charge in [0, 0.05) is 0 Å². The fourth-order valence-electron chi connectivity index (χ4n) is 15.3. The number of methoxy groups -OCH3 is 4. The summed E-state index contributed by atoms with van der Waals surface area (Å²) >= 11 is 0. The van der Waals surface area contributed by atoms with Gasteiger partial charge in [0.15, 0.2) is 0 Å². The maximum atomic E-state index is 5.83. The molecule has 0 unspecified atom stereocenters. The predicted octanol–water partition coefficient (Wildman–Crippen LogP) is 22.6. The Balaban J connectivity index is 1.11. The first-order chi connectivity index (χ1) is 41.7. The highest BCUT2D eigenvalue weighted by Gasteiger charge is 2.31. The van der Waals surface area contributed by atoms with Crippen LogP contribution in [0.5, 0.6) is 23.0 Å².